The van der Waals surface area contributed by atoms with Crippen LogP contribution in [0.4, 0.5) is 11.4 Å². The fraction of sp³-hybridized carbons (Fsp3) is 0.417. The lowest BCUT2D eigenvalue weighted by Gasteiger charge is -2.08. The maximum Gasteiger partial charge on any atom is 0.209 e. The standard InChI is InChI=1S/C24H32N10/c25-19-31-23(33-21-9-15-27-16-10-21)29-13-7-5-3-1-2-4-6-8-14-30-24(32-20-26)34-22-11-17-28-18-12-22/h9-12,15-18H,1-8,13-14H2,(H2,27,29,31,33)(H2,28,30,32,34). The molecule has 0 spiro atoms. The van der Waals surface area contributed by atoms with Crippen molar-refractivity contribution in [2.75, 3.05) is 23.7 Å². The van der Waals surface area contributed by atoms with Gasteiger partial charge in [-0.25, -0.2) is 0 Å². The second-order valence-electron chi connectivity index (χ2n) is 7.48. The van der Waals surface area contributed by atoms with Gasteiger partial charge in [0.25, 0.3) is 0 Å². The number of rotatable bonds is 13. The molecule has 34 heavy (non-hydrogen) atoms. The number of nitriles is 2. The van der Waals surface area contributed by atoms with Gasteiger partial charge in [0.15, 0.2) is 12.4 Å². The van der Waals surface area contributed by atoms with Crippen LogP contribution in [0.1, 0.15) is 51.4 Å². The van der Waals surface area contributed by atoms with Gasteiger partial charge in [0, 0.05) is 49.3 Å². The molecule has 0 aromatic carbocycles. The lowest BCUT2D eigenvalue weighted by molar-refractivity contribution is 0.572. The Morgan fingerprint density at radius 1 is 0.618 bits per heavy atom. The van der Waals surface area contributed by atoms with Gasteiger partial charge in [-0.3, -0.25) is 30.6 Å². The Balaban J connectivity index is 1.51. The molecule has 0 fully saturated rings. The molecule has 0 radical (unpaired) electrons. The molecule has 0 atom stereocenters. The Morgan fingerprint density at radius 3 is 1.32 bits per heavy atom. The second kappa shape index (κ2) is 17.4. The molecule has 10 nitrogen and oxygen atoms in total. The summed E-state index contributed by atoms with van der Waals surface area (Å²) in [5, 5.41) is 29.1. The van der Waals surface area contributed by atoms with Crippen LogP contribution in [0.15, 0.2) is 59.0 Å². The highest BCUT2D eigenvalue weighted by atomic mass is 15.2. The Labute approximate surface area is 201 Å². The van der Waals surface area contributed by atoms with Gasteiger partial charge in [0.2, 0.25) is 11.9 Å². The van der Waals surface area contributed by atoms with E-state index in [0.29, 0.717) is 25.0 Å². The van der Waals surface area contributed by atoms with Gasteiger partial charge in [-0.2, -0.15) is 10.5 Å². The maximum atomic E-state index is 8.88. The molecule has 2 rings (SSSR count). The van der Waals surface area contributed by atoms with E-state index in [1.165, 1.54) is 25.7 Å². The molecule has 2 aromatic rings. The summed E-state index contributed by atoms with van der Waals surface area (Å²) < 4.78 is 0. The number of guanidine groups is 2. The molecule has 0 unspecified atom stereocenters. The largest absolute Gasteiger partial charge is 0.325 e. The van der Waals surface area contributed by atoms with Crippen molar-refractivity contribution in [3.8, 4) is 12.4 Å². The van der Waals surface area contributed by atoms with Crippen molar-refractivity contribution in [3.05, 3.63) is 49.1 Å². The average Bonchev–Trinajstić information content (AvgIpc) is 2.86. The fourth-order valence-electron chi connectivity index (χ4n) is 3.14. The third-order valence-corrected chi connectivity index (χ3v) is 4.84. The van der Waals surface area contributed by atoms with E-state index in [2.05, 4.69) is 41.2 Å². The minimum absolute atomic E-state index is 0.459. The third-order valence-electron chi connectivity index (χ3n) is 4.84. The Morgan fingerprint density at radius 2 is 0.971 bits per heavy atom. The number of hydrogen-bond acceptors (Lipinski definition) is 6. The number of nitrogens with zero attached hydrogens (tertiary/aromatic N) is 6. The van der Waals surface area contributed by atoms with E-state index in [9.17, 15) is 0 Å². The lowest BCUT2D eigenvalue weighted by Crippen LogP contribution is -2.27. The van der Waals surface area contributed by atoms with Crippen LogP contribution in [0.2, 0.25) is 0 Å². The van der Waals surface area contributed by atoms with Crippen LogP contribution in [-0.4, -0.2) is 35.0 Å². The van der Waals surface area contributed by atoms with E-state index in [1.807, 2.05) is 36.7 Å². The van der Waals surface area contributed by atoms with Gasteiger partial charge in [0.05, 0.1) is 0 Å². The molecule has 0 amide bonds. The zero-order chi connectivity index (χ0) is 24.1. The van der Waals surface area contributed by atoms with E-state index < -0.39 is 0 Å². The Kier molecular flexibility index (Phi) is 13.3. The van der Waals surface area contributed by atoms with Gasteiger partial charge in [0.1, 0.15) is 0 Å². The van der Waals surface area contributed by atoms with Crippen molar-refractivity contribution in [2.24, 2.45) is 9.98 Å². The second-order valence-corrected chi connectivity index (χ2v) is 7.48. The first kappa shape index (κ1) is 26.1. The number of anilines is 2. The predicted octanol–water partition coefficient (Wildman–Crippen LogP) is 3.97. The molecular formula is C24H32N10. The molecule has 4 N–H and O–H groups in total. The number of aromatic nitrogens is 2. The first-order valence-corrected chi connectivity index (χ1v) is 11.5. The molecule has 2 heterocycles. The highest BCUT2D eigenvalue weighted by Crippen LogP contribution is 2.09. The number of unbranched alkanes of at least 4 members (excludes halogenated alkanes) is 7. The van der Waals surface area contributed by atoms with Gasteiger partial charge >= 0.3 is 0 Å². The van der Waals surface area contributed by atoms with E-state index in [4.69, 9.17) is 10.5 Å². The molecule has 0 aliphatic heterocycles. The van der Waals surface area contributed by atoms with E-state index in [0.717, 1.165) is 37.1 Å². The molecular weight excluding hydrogens is 428 g/mol. The smallest absolute Gasteiger partial charge is 0.209 e. The van der Waals surface area contributed by atoms with E-state index in [-0.39, 0.29) is 0 Å². The number of pyridine rings is 2. The molecule has 0 aliphatic rings. The molecule has 0 bridgehead atoms. The predicted molar refractivity (Wildman–Crippen MR) is 135 cm³/mol. The number of hydrogen-bond donors (Lipinski definition) is 4. The van der Waals surface area contributed by atoms with Crippen molar-refractivity contribution in [3.63, 3.8) is 0 Å². The van der Waals surface area contributed by atoms with Gasteiger partial charge < -0.3 is 10.6 Å². The van der Waals surface area contributed by atoms with Gasteiger partial charge in [-0.05, 0) is 37.1 Å². The van der Waals surface area contributed by atoms with Crippen LogP contribution in [0.25, 0.3) is 0 Å². The van der Waals surface area contributed by atoms with Crippen molar-refractivity contribution in [2.45, 2.75) is 51.4 Å². The van der Waals surface area contributed by atoms with Crippen LogP contribution in [0.3, 0.4) is 0 Å². The Hall–Kier alpha value is -4.18. The Bertz CT molecular complexity index is 866. The monoisotopic (exact) mass is 460 g/mol. The highest BCUT2D eigenvalue weighted by Gasteiger charge is 2.00. The van der Waals surface area contributed by atoms with Crippen molar-refractivity contribution < 1.29 is 0 Å². The summed E-state index contributed by atoms with van der Waals surface area (Å²) in [4.78, 5) is 16.8. The molecule has 2 aromatic heterocycles. The summed E-state index contributed by atoms with van der Waals surface area (Å²) in [5.74, 6) is 0.918. The average molecular weight is 461 g/mol. The van der Waals surface area contributed by atoms with Crippen molar-refractivity contribution in [1.82, 2.24) is 20.6 Å². The molecule has 0 saturated carbocycles. The lowest BCUT2D eigenvalue weighted by atomic mass is 10.1. The minimum Gasteiger partial charge on any atom is -0.325 e. The topological polar surface area (TPSA) is 146 Å². The summed E-state index contributed by atoms with van der Waals surface area (Å²) in [6.45, 7) is 1.35. The van der Waals surface area contributed by atoms with E-state index in [1.54, 1.807) is 24.8 Å². The summed E-state index contributed by atoms with van der Waals surface area (Å²) in [6.07, 6.45) is 19.5. The summed E-state index contributed by atoms with van der Waals surface area (Å²) in [6, 6.07) is 7.29. The van der Waals surface area contributed by atoms with Crippen LogP contribution in [0, 0.1) is 22.9 Å². The number of aliphatic imine (C=N–C) groups is 2. The van der Waals surface area contributed by atoms with Gasteiger partial charge in [-0.15, -0.1) is 0 Å². The summed E-state index contributed by atoms with van der Waals surface area (Å²) in [7, 11) is 0. The molecule has 178 valence electrons. The molecule has 10 heteroatoms. The van der Waals surface area contributed by atoms with Crippen molar-refractivity contribution in [1.29, 1.82) is 10.5 Å². The maximum absolute atomic E-state index is 8.88. The first-order chi connectivity index (χ1) is 16.8. The van der Waals surface area contributed by atoms with E-state index >= 15 is 0 Å². The van der Waals surface area contributed by atoms with Crippen LogP contribution < -0.4 is 21.3 Å². The molecule has 0 aliphatic carbocycles. The van der Waals surface area contributed by atoms with Crippen LogP contribution in [-0.2, 0) is 0 Å². The zero-order valence-electron chi connectivity index (χ0n) is 19.4. The summed E-state index contributed by atoms with van der Waals surface area (Å²) >= 11 is 0. The molecule has 0 saturated heterocycles. The summed E-state index contributed by atoms with van der Waals surface area (Å²) in [5.41, 5.74) is 1.68. The SMILES string of the molecule is N#CNC(=NCCCCCCCCCCN=C(NC#N)Nc1ccncc1)Nc1ccncc1. The first-order valence-electron chi connectivity index (χ1n) is 11.5. The minimum atomic E-state index is 0.459. The van der Waals surface area contributed by atoms with Crippen LogP contribution in [0.5, 0.6) is 0 Å². The number of nitrogens with one attached hydrogen (secondary N) is 4. The zero-order valence-corrected chi connectivity index (χ0v) is 19.4. The highest BCUT2D eigenvalue weighted by molar-refractivity contribution is 5.95. The van der Waals surface area contributed by atoms with Gasteiger partial charge in [-0.1, -0.05) is 38.5 Å². The van der Waals surface area contributed by atoms with Crippen LogP contribution >= 0.6 is 0 Å². The third kappa shape index (κ3) is 12.0. The fourth-order valence-corrected chi connectivity index (χ4v) is 3.14. The van der Waals surface area contributed by atoms with Crippen molar-refractivity contribution >= 4 is 23.3 Å². The normalized spacial score (nSPS) is 11.2. The quantitative estimate of drug-likeness (QED) is 0.115.